The fraction of sp³-hybridized carbons (Fsp3) is 0.769. The van der Waals surface area contributed by atoms with Gasteiger partial charge in [0.25, 0.3) is 0 Å². The molecule has 0 spiro atoms. The van der Waals surface area contributed by atoms with Gasteiger partial charge in [0, 0.05) is 6.54 Å². The number of ether oxygens (including phenoxy) is 1. The van der Waals surface area contributed by atoms with Crippen molar-refractivity contribution in [3.05, 3.63) is 5.69 Å². The predicted molar refractivity (Wildman–Crippen MR) is 69.1 cm³/mol. The number of aromatic nitrogens is 2. The Morgan fingerprint density at radius 3 is 2.59 bits per heavy atom. The molecule has 0 atom stereocenters. The van der Waals surface area contributed by atoms with E-state index in [1.165, 1.54) is 12.8 Å². The van der Waals surface area contributed by atoms with Crippen molar-refractivity contribution in [2.45, 2.75) is 59.1 Å². The van der Waals surface area contributed by atoms with E-state index in [9.17, 15) is 0 Å². The van der Waals surface area contributed by atoms with Crippen LogP contribution in [0.15, 0.2) is 0 Å². The maximum absolute atomic E-state index is 6.05. The second kappa shape index (κ2) is 4.98. The monoisotopic (exact) mass is 237 g/mol. The number of aryl methyl sites for hydroxylation is 2. The van der Waals surface area contributed by atoms with Gasteiger partial charge in [-0.2, -0.15) is 5.10 Å². The van der Waals surface area contributed by atoms with Crippen LogP contribution in [0.5, 0.6) is 5.88 Å². The Morgan fingerprint density at radius 1 is 1.35 bits per heavy atom. The highest BCUT2D eigenvalue weighted by atomic mass is 16.5. The molecule has 1 fully saturated rings. The van der Waals surface area contributed by atoms with Crippen molar-refractivity contribution >= 4 is 5.69 Å². The van der Waals surface area contributed by atoms with Gasteiger partial charge in [-0.05, 0) is 45.4 Å². The van der Waals surface area contributed by atoms with E-state index >= 15 is 0 Å². The Morgan fingerprint density at radius 2 is 2.00 bits per heavy atom. The molecule has 0 bridgehead atoms. The van der Waals surface area contributed by atoms with E-state index in [0.717, 1.165) is 36.9 Å². The van der Waals surface area contributed by atoms with Crippen LogP contribution < -0.4 is 10.5 Å². The van der Waals surface area contributed by atoms with Crippen LogP contribution in [0.3, 0.4) is 0 Å². The third-order valence-corrected chi connectivity index (χ3v) is 3.67. The predicted octanol–water partition coefficient (Wildman–Crippen LogP) is 2.75. The minimum atomic E-state index is 0.315. The summed E-state index contributed by atoms with van der Waals surface area (Å²) in [6.45, 7) is 7.10. The van der Waals surface area contributed by atoms with Crippen LogP contribution in [0.2, 0.25) is 0 Å². The molecular formula is C13H23N3O. The van der Waals surface area contributed by atoms with E-state index in [2.05, 4.69) is 18.9 Å². The highest BCUT2D eigenvalue weighted by Gasteiger charge is 2.22. The van der Waals surface area contributed by atoms with Gasteiger partial charge in [0.2, 0.25) is 5.88 Å². The standard InChI is InChI=1S/C13H23N3O/c1-4-16-13(12(14)10(3)15-16)17-11-7-5-9(2)6-8-11/h9,11H,4-8,14H2,1-3H3. The van der Waals surface area contributed by atoms with Crippen LogP contribution >= 0.6 is 0 Å². The largest absolute Gasteiger partial charge is 0.473 e. The Balaban J connectivity index is 2.07. The third-order valence-electron chi connectivity index (χ3n) is 3.67. The van der Waals surface area contributed by atoms with Gasteiger partial charge in [-0.1, -0.05) is 6.92 Å². The van der Waals surface area contributed by atoms with E-state index in [4.69, 9.17) is 10.5 Å². The van der Waals surface area contributed by atoms with Crippen molar-refractivity contribution in [3.8, 4) is 5.88 Å². The summed E-state index contributed by atoms with van der Waals surface area (Å²) in [5.41, 5.74) is 7.58. The molecule has 96 valence electrons. The lowest BCUT2D eigenvalue weighted by Gasteiger charge is -2.27. The van der Waals surface area contributed by atoms with Gasteiger partial charge in [0.1, 0.15) is 11.8 Å². The first-order valence-electron chi connectivity index (χ1n) is 6.61. The molecule has 4 heteroatoms. The number of hydrogen-bond donors (Lipinski definition) is 1. The summed E-state index contributed by atoms with van der Waals surface area (Å²) in [7, 11) is 0. The normalized spacial score (nSPS) is 24.9. The number of anilines is 1. The SMILES string of the molecule is CCn1nc(C)c(N)c1OC1CCC(C)CC1. The molecule has 4 nitrogen and oxygen atoms in total. The molecule has 0 aliphatic heterocycles. The summed E-state index contributed by atoms with van der Waals surface area (Å²) in [4.78, 5) is 0. The van der Waals surface area contributed by atoms with Crippen molar-refractivity contribution in [3.63, 3.8) is 0 Å². The molecule has 2 N–H and O–H groups in total. The smallest absolute Gasteiger partial charge is 0.236 e. The minimum Gasteiger partial charge on any atom is -0.473 e. The molecule has 2 rings (SSSR count). The topological polar surface area (TPSA) is 53.1 Å². The molecule has 0 saturated heterocycles. The molecular weight excluding hydrogens is 214 g/mol. The second-order valence-corrected chi connectivity index (χ2v) is 5.12. The lowest BCUT2D eigenvalue weighted by atomic mass is 9.89. The molecule has 1 heterocycles. The lowest BCUT2D eigenvalue weighted by molar-refractivity contribution is 0.124. The molecule has 0 amide bonds. The molecule has 0 radical (unpaired) electrons. The Hall–Kier alpha value is -1.19. The Labute approximate surface area is 103 Å². The van der Waals surface area contributed by atoms with Crippen LogP contribution in [0.4, 0.5) is 5.69 Å². The van der Waals surface area contributed by atoms with E-state index in [0.29, 0.717) is 11.8 Å². The van der Waals surface area contributed by atoms with Crippen LogP contribution in [0.25, 0.3) is 0 Å². The average Bonchev–Trinajstić information content (AvgIpc) is 2.59. The van der Waals surface area contributed by atoms with Crippen LogP contribution in [0, 0.1) is 12.8 Å². The Bertz CT molecular complexity index is 378. The summed E-state index contributed by atoms with van der Waals surface area (Å²) in [5.74, 6) is 1.61. The number of nitrogens with zero attached hydrogens (tertiary/aromatic N) is 2. The molecule has 1 aliphatic rings. The Kier molecular flexibility index (Phi) is 3.60. The molecule has 17 heavy (non-hydrogen) atoms. The minimum absolute atomic E-state index is 0.315. The van der Waals surface area contributed by atoms with E-state index in [1.54, 1.807) is 0 Å². The zero-order chi connectivity index (χ0) is 12.4. The molecule has 0 unspecified atom stereocenters. The molecule has 1 aliphatic carbocycles. The van der Waals surface area contributed by atoms with E-state index in [1.807, 2.05) is 11.6 Å². The van der Waals surface area contributed by atoms with E-state index < -0.39 is 0 Å². The summed E-state index contributed by atoms with van der Waals surface area (Å²) in [5, 5.41) is 4.38. The first-order valence-corrected chi connectivity index (χ1v) is 6.61. The molecule has 1 aromatic rings. The van der Waals surface area contributed by atoms with Crippen LogP contribution in [0.1, 0.15) is 45.2 Å². The van der Waals surface area contributed by atoms with Gasteiger partial charge < -0.3 is 10.5 Å². The molecule has 1 saturated carbocycles. The van der Waals surface area contributed by atoms with Crippen molar-refractivity contribution in [2.75, 3.05) is 5.73 Å². The fourth-order valence-corrected chi connectivity index (χ4v) is 2.42. The second-order valence-electron chi connectivity index (χ2n) is 5.12. The van der Waals surface area contributed by atoms with Gasteiger partial charge in [-0.3, -0.25) is 0 Å². The zero-order valence-electron chi connectivity index (χ0n) is 11.1. The highest BCUT2D eigenvalue weighted by molar-refractivity contribution is 5.52. The average molecular weight is 237 g/mol. The van der Waals surface area contributed by atoms with Crippen molar-refractivity contribution in [2.24, 2.45) is 5.92 Å². The van der Waals surface area contributed by atoms with Crippen LogP contribution in [-0.2, 0) is 6.54 Å². The summed E-state index contributed by atoms with van der Waals surface area (Å²) >= 11 is 0. The first-order chi connectivity index (χ1) is 8.11. The van der Waals surface area contributed by atoms with Gasteiger partial charge >= 0.3 is 0 Å². The van der Waals surface area contributed by atoms with Gasteiger partial charge in [0.15, 0.2) is 0 Å². The number of nitrogen functional groups attached to an aromatic ring is 1. The zero-order valence-corrected chi connectivity index (χ0v) is 11.1. The summed E-state index contributed by atoms with van der Waals surface area (Å²) in [6.07, 6.45) is 5.09. The maximum Gasteiger partial charge on any atom is 0.236 e. The summed E-state index contributed by atoms with van der Waals surface area (Å²) in [6, 6.07) is 0. The highest BCUT2D eigenvalue weighted by Crippen LogP contribution is 2.31. The maximum atomic E-state index is 6.05. The summed E-state index contributed by atoms with van der Waals surface area (Å²) < 4.78 is 7.92. The van der Waals surface area contributed by atoms with Gasteiger partial charge in [-0.15, -0.1) is 0 Å². The third kappa shape index (κ3) is 2.56. The van der Waals surface area contributed by atoms with E-state index in [-0.39, 0.29) is 0 Å². The number of rotatable bonds is 3. The lowest BCUT2D eigenvalue weighted by Crippen LogP contribution is -2.24. The fourth-order valence-electron chi connectivity index (χ4n) is 2.42. The van der Waals surface area contributed by atoms with Crippen molar-refractivity contribution in [1.29, 1.82) is 0 Å². The van der Waals surface area contributed by atoms with Gasteiger partial charge in [-0.25, -0.2) is 4.68 Å². The molecule has 0 aromatic carbocycles. The quantitative estimate of drug-likeness (QED) is 0.879. The van der Waals surface area contributed by atoms with Crippen molar-refractivity contribution < 1.29 is 4.74 Å². The molecule has 1 aromatic heterocycles. The van der Waals surface area contributed by atoms with Crippen LogP contribution in [-0.4, -0.2) is 15.9 Å². The number of hydrogen-bond acceptors (Lipinski definition) is 3. The first kappa shape index (κ1) is 12.3. The van der Waals surface area contributed by atoms with Gasteiger partial charge in [0.05, 0.1) is 5.69 Å². The van der Waals surface area contributed by atoms with Crippen molar-refractivity contribution in [1.82, 2.24) is 9.78 Å². The number of nitrogens with two attached hydrogens (primary N) is 1.